The van der Waals surface area contributed by atoms with Crippen LogP contribution < -0.4 is 5.32 Å². The highest BCUT2D eigenvalue weighted by Crippen LogP contribution is 2.51. The molecule has 0 amide bonds. The first-order valence-electron chi connectivity index (χ1n) is 7.80. The lowest BCUT2D eigenvalue weighted by molar-refractivity contribution is 0.151. The number of hydrogen-bond acceptors (Lipinski definition) is 2. The van der Waals surface area contributed by atoms with Gasteiger partial charge >= 0.3 is 0 Å². The Balaban J connectivity index is 2.32. The fourth-order valence-electron chi connectivity index (χ4n) is 4.01. The van der Waals surface area contributed by atoms with E-state index in [9.17, 15) is 0 Å². The number of hydrogen-bond donors (Lipinski definition) is 1. The first-order chi connectivity index (χ1) is 9.09. The molecule has 3 nitrogen and oxygen atoms in total. The Morgan fingerprint density at radius 2 is 2.05 bits per heavy atom. The minimum Gasteiger partial charge on any atom is -0.308 e. The summed E-state index contributed by atoms with van der Waals surface area (Å²) < 4.78 is 2.05. The predicted octanol–water partition coefficient (Wildman–Crippen LogP) is 3.68. The predicted molar refractivity (Wildman–Crippen MR) is 80.0 cm³/mol. The molecule has 0 spiro atoms. The SMILES string of the molecule is CCNC(c1ccnn1C)C1(CC(C)C)CCCC1. The summed E-state index contributed by atoms with van der Waals surface area (Å²) in [6.45, 7) is 7.94. The standard InChI is InChI=1S/C16H29N3/c1-5-17-15(14-8-11-18-19(14)4)16(12-13(2)3)9-6-7-10-16/h8,11,13,15,17H,5-7,9-10,12H2,1-4H3. The van der Waals surface area contributed by atoms with Crippen molar-refractivity contribution in [2.75, 3.05) is 6.54 Å². The molecule has 3 heteroatoms. The number of aryl methyl sites for hydroxylation is 1. The van der Waals surface area contributed by atoms with Crippen molar-refractivity contribution in [3.8, 4) is 0 Å². The van der Waals surface area contributed by atoms with Gasteiger partial charge in [-0.15, -0.1) is 0 Å². The smallest absolute Gasteiger partial charge is 0.0555 e. The Kier molecular flexibility index (Phi) is 4.67. The Morgan fingerprint density at radius 1 is 1.37 bits per heavy atom. The maximum atomic E-state index is 4.38. The summed E-state index contributed by atoms with van der Waals surface area (Å²) in [6.07, 6.45) is 8.72. The fourth-order valence-corrected chi connectivity index (χ4v) is 4.01. The van der Waals surface area contributed by atoms with E-state index in [0.29, 0.717) is 11.5 Å². The molecule has 0 radical (unpaired) electrons. The van der Waals surface area contributed by atoms with Crippen molar-refractivity contribution in [1.82, 2.24) is 15.1 Å². The summed E-state index contributed by atoms with van der Waals surface area (Å²) in [7, 11) is 2.07. The zero-order valence-corrected chi connectivity index (χ0v) is 12.9. The number of nitrogens with zero attached hydrogens (tertiary/aromatic N) is 2. The van der Waals surface area contributed by atoms with Crippen molar-refractivity contribution in [3.63, 3.8) is 0 Å². The molecule has 108 valence electrons. The maximum absolute atomic E-state index is 4.38. The summed E-state index contributed by atoms with van der Waals surface area (Å²) in [5.74, 6) is 0.757. The van der Waals surface area contributed by atoms with Crippen molar-refractivity contribution in [1.29, 1.82) is 0 Å². The molecule has 0 aromatic carbocycles. The van der Waals surface area contributed by atoms with Gasteiger partial charge in [-0.05, 0) is 43.2 Å². The molecule has 1 atom stereocenters. The minimum atomic E-state index is 0.429. The van der Waals surface area contributed by atoms with Gasteiger partial charge < -0.3 is 5.32 Å². The zero-order valence-electron chi connectivity index (χ0n) is 12.9. The molecule has 0 aliphatic heterocycles. The molecular weight excluding hydrogens is 234 g/mol. The van der Waals surface area contributed by atoms with Gasteiger partial charge in [0.05, 0.1) is 11.7 Å². The highest BCUT2D eigenvalue weighted by molar-refractivity contribution is 5.13. The maximum Gasteiger partial charge on any atom is 0.0555 e. The summed E-state index contributed by atoms with van der Waals surface area (Å²) in [4.78, 5) is 0. The third-order valence-electron chi connectivity index (χ3n) is 4.59. The number of nitrogens with one attached hydrogen (secondary N) is 1. The molecule has 0 saturated heterocycles. The van der Waals surface area contributed by atoms with Gasteiger partial charge in [0.15, 0.2) is 0 Å². The van der Waals surface area contributed by atoms with Crippen LogP contribution in [0.15, 0.2) is 12.3 Å². The highest BCUT2D eigenvalue weighted by Gasteiger charge is 2.42. The minimum absolute atomic E-state index is 0.429. The molecule has 1 N–H and O–H groups in total. The second-order valence-electron chi connectivity index (χ2n) is 6.54. The Labute approximate surface area is 117 Å². The van der Waals surface area contributed by atoms with E-state index in [1.807, 2.05) is 10.9 Å². The topological polar surface area (TPSA) is 29.9 Å². The Morgan fingerprint density at radius 3 is 2.53 bits per heavy atom. The van der Waals surface area contributed by atoms with Gasteiger partial charge in [-0.1, -0.05) is 33.6 Å². The molecule has 1 aliphatic carbocycles. The molecule has 1 aromatic heterocycles. The molecule has 19 heavy (non-hydrogen) atoms. The molecule has 1 saturated carbocycles. The lowest BCUT2D eigenvalue weighted by atomic mass is 9.71. The van der Waals surface area contributed by atoms with Crippen LogP contribution in [0.3, 0.4) is 0 Å². The normalized spacial score (nSPS) is 20.1. The lowest BCUT2D eigenvalue weighted by Gasteiger charge is -2.39. The van der Waals surface area contributed by atoms with Crippen LogP contribution in [0.2, 0.25) is 0 Å². The fraction of sp³-hybridized carbons (Fsp3) is 0.812. The quantitative estimate of drug-likeness (QED) is 0.848. The molecule has 1 aromatic rings. The van der Waals surface area contributed by atoms with Gasteiger partial charge in [0, 0.05) is 13.2 Å². The average molecular weight is 263 g/mol. The number of aromatic nitrogens is 2. The van der Waals surface area contributed by atoms with Crippen LogP contribution in [0.25, 0.3) is 0 Å². The van der Waals surface area contributed by atoms with Crippen molar-refractivity contribution in [3.05, 3.63) is 18.0 Å². The monoisotopic (exact) mass is 263 g/mol. The van der Waals surface area contributed by atoms with E-state index >= 15 is 0 Å². The summed E-state index contributed by atoms with van der Waals surface area (Å²) >= 11 is 0. The van der Waals surface area contributed by atoms with E-state index in [1.54, 1.807) is 0 Å². The van der Waals surface area contributed by atoms with E-state index < -0.39 is 0 Å². The van der Waals surface area contributed by atoms with Crippen LogP contribution in [-0.4, -0.2) is 16.3 Å². The van der Waals surface area contributed by atoms with E-state index in [4.69, 9.17) is 0 Å². The molecule has 1 heterocycles. The summed E-state index contributed by atoms with van der Waals surface area (Å²) in [6, 6.07) is 2.64. The van der Waals surface area contributed by atoms with Gasteiger partial charge in [0.1, 0.15) is 0 Å². The molecular formula is C16H29N3. The van der Waals surface area contributed by atoms with E-state index in [2.05, 4.69) is 44.3 Å². The Hall–Kier alpha value is -0.830. The van der Waals surface area contributed by atoms with Crippen molar-refractivity contribution >= 4 is 0 Å². The van der Waals surface area contributed by atoms with E-state index in [1.165, 1.54) is 37.8 Å². The van der Waals surface area contributed by atoms with Crippen LogP contribution in [0.5, 0.6) is 0 Å². The number of rotatable bonds is 6. The van der Waals surface area contributed by atoms with Crippen LogP contribution in [0, 0.1) is 11.3 Å². The third-order valence-corrected chi connectivity index (χ3v) is 4.59. The van der Waals surface area contributed by atoms with E-state index in [-0.39, 0.29) is 0 Å². The van der Waals surface area contributed by atoms with E-state index in [0.717, 1.165) is 12.5 Å². The molecule has 2 rings (SSSR count). The van der Waals surface area contributed by atoms with Gasteiger partial charge in [0.25, 0.3) is 0 Å². The molecule has 1 unspecified atom stereocenters. The third kappa shape index (κ3) is 3.02. The first-order valence-corrected chi connectivity index (χ1v) is 7.80. The van der Waals surface area contributed by atoms with Crippen molar-refractivity contribution < 1.29 is 0 Å². The van der Waals surface area contributed by atoms with Crippen molar-refractivity contribution in [2.45, 2.75) is 58.9 Å². The van der Waals surface area contributed by atoms with Crippen LogP contribution in [0.1, 0.15) is 64.6 Å². The largest absolute Gasteiger partial charge is 0.308 e. The Bertz CT molecular complexity index is 388. The van der Waals surface area contributed by atoms with Crippen LogP contribution >= 0.6 is 0 Å². The van der Waals surface area contributed by atoms with Crippen LogP contribution in [0.4, 0.5) is 0 Å². The first kappa shape index (κ1) is 14.6. The highest BCUT2D eigenvalue weighted by atomic mass is 15.3. The molecule has 1 fully saturated rings. The van der Waals surface area contributed by atoms with Gasteiger partial charge in [-0.25, -0.2) is 0 Å². The van der Waals surface area contributed by atoms with Gasteiger partial charge in [-0.2, -0.15) is 5.10 Å². The van der Waals surface area contributed by atoms with Crippen LogP contribution in [-0.2, 0) is 7.05 Å². The zero-order chi connectivity index (χ0) is 13.9. The van der Waals surface area contributed by atoms with Gasteiger partial charge in [0.2, 0.25) is 0 Å². The second kappa shape index (κ2) is 6.08. The molecule has 1 aliphatic rings. The average Bonchev–Trinajstić information content (AvgIpc) is 2.96. The molecule has 0 bridgehead atoms. The van der Waals surface area contributed by atoms with Gasteiger partial charge in [-0.3, -0.25) is 4.68 Å². The summed E-state index contributed by atoms with van der Waals surface area (Å²) in [5.41, 5.74) is 1.78. The summed E-state index contributed by atoms with van der Waals surface area (Å²) in [5, 5.41) is 8.13. The lowest BCUT2D eigenvalue weighted by Crippen LogP contribution is -2.38. The van der Waals surface area contributed by atoms with Crippen molar-refractivity contribution in [2.24, 2.45) is 18.4 Å². The second-order valence-corrected chi connectivity index (χ2v) is 6.54.